The molecule has 0 saturated heterocycles. The molecule has 0 spiro atoms. The molecule has 0 aromatic heterocycles. The fraction of sp³-hybridized carbons (Fsp3) is 0.143. The second kappa shape index (κ2) is 7.75. The van der Waals surface area contributed by atoms with Gasteiger partial charge >= 0.3 is 12.6 Å². The van der Waals surface area contributed by atoms with Gasteiger partial charge in [-0.15, -0.1) is 0 Å². The van der Waals surface area contributed by atoms with E-state index < -0.39 is 12.6 Å². The molecule has 0 aliphatic carbocycles. The van der Waals surface area contributed by atoms with E-state index in [1.165, 1.54) is 18.2 Å². The van der Waals surface area contributed by atoms with Gasteiger partial charge in [-0.2, -0.15) is 8.78 Å². The molecule has 6 nitrogen and oxygen atoms in total. The predicted molar refractivity (Wildman–Crippen MR) is 100 cm³/mol. The Kier molecular flexibility index (Phi) is 4.99. The molecule has 2 aliphatic rings. The average molecular weight is 399 g/mol. The monoisotopic (exact) mass is 399 g/mol. The molecule has 0 radical (unpaired) electrons. The summed E-state index contributed by atoms with van der Waals surface area (Å²) >= 11 is 0. The number of carbonyl (C=O) groups is 1. The highest BCUT2D eigenvalue weighted by Gasteiger charge is 2.25. The summed E-state index contributed by atoms with van der Waals surface area (Å²) in [6.07, 6.45) is 3.45. The van der Waals surface area contributed by atoms with E-state index >= 15 is 0 Å². The number of cyclic esters (lactones) is 1. The van der Waals surface area contributed by atoms with E-state index in [9.17, 15) is 13.6 Å². The molecule has 0 unspecified atom stereocenters. The zero-order chi connectivity index (χ0) is 20.4. The van der Waals surface area contributed by atoms with Crippen molar-refractivity contribution in [3.8, 4) is 17.2 Å². The summed E-state index contributed by atoms with van der Waals surface area (Å²) in [6.45, 7) is -2.70. The zero-order valence-corrected chi connectivity index (χ0v) is 15.2. The lowest BCUT2D eigenvalue weighted by molar-refractivity contribution is -0.130. The summed E-state index contributed by atoms with van der Waals surface area (Å²) in [5.74, 6) is 0.695. The molecule has 2 aliphatic heterocycles. The Bertz CT molecular complexity index is 1060. The van der Waals surface area contributed by atoms with Crippen LogP contribution in [0.4, 0.5) is 8.78 Å². The van der Waals surface area contributed by atoms with E-state index in [0.717, 1.165) is 11.1 Å². The Balaban J connectivity index is 1.59. The van der Waals surface area contributed by atoms with Gasteiger partial charge in [-0.1, -0.05) is 6.07 Å². The van der Waals surface area contributed by atoms with Gasteiger partial charge in [0.15, 0.2) is 5.70 Å². The van der Waals surface area contributed by atoms with Gasteiger partial charge in [-0.3, -0.25) is 0 Å². The second-order valence-corrected chi connectivity index (χ2v) is 6.15. The number of benzene rings is 2. The molecule has 0 N–H and O–H groups in total. The largest absolute Gasteiger partial charge is 0.497 e. The molecule has 148 valence electrons. The van der Waals surface area contributed by atoms with Crippen LogP contribution in [0.5, 0.6) is 17.2 Å². The van der Waals surface area contributed by atoms with E-state index in [-0.39, 0.29) is 24.0 Å². The number of hydrogen-bond acceptors (Lipinski definition) is 6. The van der Waals surface area contributed by atoms with Gasteiger partial charge in [0.1, 0.15) is 23.9 Å². The van der Waals surface area contributed by atoms with Crippen LogP contribution in [-0.4, -0.2) is 32.2 Å². The summed E-state index contributed by atoms with van der Waals surface area (Å²) in [7, 11) is 1.58. The van der Waals surface area contributed by atoms with Crippen molar-refractivity contribution in [1.29, 1.82) is 0 Å². The zero-order valence-electron chi connectivity index (χ0n) is 15.2. The SMILES string of the molecule is COc1ccc2c(c1)OCC(/C=C1/N=C(c3cccc(OC(F)F)c3)OC1=O)=C2. The third-order valence-corrected chi connectivity index (χ3v) is 4.20. The topological polar surface area (TPSA) is 66.3 Å². The van der Waals surface area contributed by atoms with Gasteiger partial charge in [0.05, 0.1) is 7.11 Å². The first kappa shape index (κ1) is 18.7. The van der Waals surface area contributed by atoms with Crippen molar-refractivity contribution in [2.45, 2.75) is 6.61 Å². The van der Waals surface area contributed by atoms with Crippen molar-refractivity contribution >= 4 is 17.9 Å². The Morgan fingerprint density at radius 3 is 2.83 bits per heavy atom. The van der Waals surface area contributed by atoms with Crippen molar-refractivity contribution in [3.05, 3.63) is 70.9 Å². The van der Waals surface area contributed by atoms with E-state index in [4.69, 9.17) is 14.2 Å². The number of esters is 1. The summed E-state index contributed by atoms with van der Waals surface area (Å²) in [5, 5.41) is 0. The normalized spacial score (nSPS) is 16.7. The molecule has 0 saturated carbocycles. The second-order valence-electron chi connectivity index (χ2n) is 6.15. The van der Waals surface area contributed by atoms with E-state index in [2.05, 4.69) is 9.73 Å². The number of carbonyl (C=O) groups excluding carboxylic acids is 1. The third kappa shape index (κ3) is 4.11. The maximum absolute atomic E-state index is 12.4. The van der Waals surface area contributed by atoms with Crippen LogP contribution in [-0.2, 0) is 9.53 Å². The number of methoxy groups -OCH3 is 1. The van der Waals surface area contributed by atoms with Gasteiger partial charge in [0.2, 0.25) is 5.90 Å². The molecule has 0 fully saturated rings. The van der Waals surface area contributed by atoms with Crippen molar-refractivity contribution in [3.63, 3.8) is 0 Å². The smallest absolute Gasteiger partial charge is 0.387 e. The first-order valence-electron chi connectivity index (χ1n) is 8.61. The lowest BCUT2D eigenvalue weighted by Gasteiger charge is -2.16. The van der Waals surface area contributed by atoms with Gasteiger partial charge in [0.25, 0.3) is 0 Å². The maximum Gasteiger partial charge on any atom is 0.387 e. The molecule has 0 atom stereocenters. The van der Waals surface area contributed by atoms with Crippen LogP contribution in [0.15, 0.2) is 64.8 Å². The fourth-order valence-corrected chi connectivity index (χ4v) is 2.89. The Morgan fingerprint density at radius 2 is 2.03 bits per heavy atom. The Labute approximate surface area is 164 Å². The van der Waals surface area contributed by atoms with E-state index in [0.29, 0.717) is 17.1 Å². The van der Waals surface area contributed by atoms with Crippen LogP contribution in [0.25, 0.3) is 6.08 Å². The number of halogens is 2. The lowest BCUT2D eigenvalue weighted by Crippen LogP contribution is -2.08. The summed E-state index contributed by atoms with van der Waals surface area (Å²) in [5.41, 5.74) is 2.02. The summed E-state index contributed by atoms with van der Waals surface area (Å²) in [6, 6.07) is 11.2. The van der Waals surface area contributed by atoms with Crippen LogP contribution in [0.2, 0.25) is 0 Å². The number of hydrogen-bond donors (Lipinski definition) is 0. The lowest BCUT2D eigenvalue weighted by atomic mass is 10.1. The van der Waals surface area contributed by atoms with E-state index in [1.807, 2.05) is 18.2 Å². The minimum absolute atomic E-state index is 0.0171. The molecule has 4 rings (SSSR count). The molecule has 0 bridgehead atoms. The van der Waals surface area contributed by atoms with Gasteiger partial charge < -0.3 is 18.9 Å². The maximum atomic E-state index is 12.4. The fourth-order valence-electron chi connectivity index (χ4n) is 2.89. The number of fused-ring (bicyclic) bond motifs is 1. The Hall–Kier alpha value is -3.68. The highest BCUT2D eigenvalue weighted by Crippen LogP contribution is 2.31. The van der Waals surface area contributed by atoms with Crippen LogP contribution >= 0.6 is 0 Å². The van der Waals surface area contributed by atoms with Crippen LogP contribution in [0.3, 0.4) is 0 Å². The molecule has 2 heterocycles. The Morgan fingerprint density at radius 1 is 1.17 bits per heavy atom. The van der Waals surface area contributed by atoms with Crippen LogP contribution in [0, 0.1) is 0 Å². The van der Waals surface area contributed by atoms with Crippen molar-refractivity contribution < 1.29 is 32.5 Å². The molecule has 2 aromatic carbocycles. The molecule has 8 heteroatoms. The average Bonchev–Trinajstić information content (AvgIpc) is 3.07. The number of nitrogens with zero attached hydrogens (tertiary/aromatic N) is 1. The summed E-state index contributed by atoms with van der Waals surface area (Å²) in [4.78, 5) is 16.4. The van der Waals surface area contributed by atoms with Crippen LogP contribution in [0.1, 0.15) is 11.1 Å². The molecular formula is C21H15F2NO5. The molecule has 0 amide bonds. The molecule has 29 heavy (non-hydrogen) atoms. The third-order valence-electron chi connectivity index (χ3n) is 4.20. The van der Waals surface area contributed by atoms with Crippen molar-refractivity contribution in [2.75, 3.05) is 13.7 Å². The van der Waals surface area contributed by atoms with Crippen LogP contribution < -0.4 is 14.2 Å². The number of aliphatic imine (C=N–C) groups is 1. The molecular weight excluding hydrogens is 384 g/mol. The quantitative estimate of drug-likeness (QED) is 0.563. The number of ether oxygens (including phenoxy) is 4. The standard InChI is InChI=1S/C21H15F2NO5/c1-26-15-6-5-13-7-12(11-27-18(13)10-15)8-17-20(25)29-19(24-17)14-3-2-4-16(9-14)28-21(22)23/h2-10,21H,11H2,1H3/b17-8+. The van der Waals surface area contributed by atoms with Gasteiger partial charge in [-0.05, 0) is 48.1 Å². The first-order valence-corrected chi connectivity index (χ1v) is 8.61. The highest BCUT2D eigenvalue weighted by molar-refractivity contribution is 6.11. The molecule has 2 aromatic rings. The summed E-state index contributed by atoms with van der Waals surface area (Å²) < 4.78 is 45.2. The first-order chi connectivity index (χ1) is 14.0. The number of rotatable bonds is 5. The van der Waals surface area contributed by atoms with Crippen molar-refractivity contribution in [1.82, 2.24) is 0 Å². The predicted octanol–water partition coefficient (Wildman–Crippen LogP) is 3.96. The van der Waals surface area contributed by atoms with E-state index in [1.54, 1.807) is 25.3 Å². The van der Waals surface area contributed by atoms with Gasteiger partial charge in [0, 0.05) is 17.2 Å². The minimum Gasteiger partial charge on any atom is -0.497 e. The highest BCUT2D eigenvalue weighted by atomic mass is 19.3. The minimum atomic E-state index is -2.95. The van der Waals surface area contributed by atoms with Gasteiger partial charge in [-0.25, -0.2) is 9.79 Å². The number of alkyl halides is 2. The van der Waals surface area contributed by atoms with Crippen molar-refractivity contribution in [2.24, 2.45) is 4.99 Å².